The molecule has 8 heavy (non-hydrogen) atoms. The molecule has 0 spiro atoms. The number of hydrogen-bond donors (Lipinski definition) is 0. The van der Waals surface area contributed by atoms with Gasteiger partial charge in [-0.15, -0.1) is 0 Å². The minimum atomic E-state index is 0. The number of hydrogen-bond acceptors (Lipinski definition) is 2. The number of ether oxygens (including phenoxy) is 1. The molecule has 0 saturated heterocycles. The molecule has 0 saturated carbocycles. The van der Waals surface area contributed by atoms with Crippen LogP contribution in [-0.2, 0) is 17.4 Å². The SMILES string of the molecule is COCC(C)C[S-].[Li+]. The second-order valence-electron chi connectivity index (χ2n) is 1.73. The van der Waals surface area contributed by atoms with E-state index in [1.807, 2.05) is 0 Å². The number of methoxy groups -OCH3 is 1. The predicted molar refractivity (Wildman–Crippen MR) is 33.3 cm³/mol. The maximum Gasteiger partial charge on any atom is 1.00 e. The fraction of sp³-hybridized carbons (Fsp3) is 1.00. The van der Waals surface area contributed by atoms with Crippen LogP contribution in [-0.4, -0.2) is 19.5 Å². The molecular weight excluding hydrogens is 115 g/mol. The maximum atomic E-state index is 4.83. The van der Waals surface area contributed by atoms with E-state index < -0.39 is 0 Å². The molecule has 0 fully saturated rings. The Labute approximate surface area is 68.8 Å². The zero-order valence-corrected chi connectivity index (χ0v) is 6.62. The van der Waals surface area contributed by atoms with Crippen molar-refractivity contribution in [2.75, 3.05) is 19.5 Å². The van der Waals surface area contributed by atoms with E-state index in [1.54, 1.807) is 7.11 Å². The fourth-order valence-electron chi connectivity index (χ4n) is 0.333. The van der Waals surface area contributed by atoms with Crippen LogP contribution in [0.4, 0.5) is 0 Å². The van der Waals surface area contributed by atoms with E-state index in [-0.39, 0.29) is 18.9 Å². The Morgan fingerprint density at radius 2 is 2.12 bits per heavy atom. The molecule has 0 heterocycles. The molecule has 0 aliphatic heterocycles. The van der Waals surface area contributed by atoms with Crippen molar-refractivity contribution in [2.45, 2.75) is 6.92 Å². The molecule has 0 aromatic carbocycles. The second-order valence-corrected chi connectivity index (χ2v) is 2.06. The first-order valence-electron chi connectivity index (χ1n) is 2.38. The van der Waals surface area contributed by atoms with E-state index >= 15 is 0 Å². The van der Waals surface area contributed by atoms with Crippen molar-refractivity contribution in [3.8, 4) is 0 Å². The van der Waals surface area contributed by atoms with Crippen LogP contribution in [0.3, 0.4) is 0 Å². The minimum Gasteiger partial charge on any atom is -0.792 e. The first-order valence-corrected chi connectivity index (χ1v) is 2.96. The second kappa shape index (κ2) is 7.91. The minimum absolute atomic E-state index is 0. The molecule has 0 aromatic heterocycles. The molecule has 0 N–H and O–H groups in total. The Bertz CT molecular complexity index is 43.4. The number of rotatable bonds is 3. The molecule has 0 amide bonds. The monoisotopic (exact) mass is 126 g/mol. The molecule has 1 atom stereocenters. The average molecular weight is 126 g/mol. The topological polar surface area (TPSA) is 9.23 Å². The van der Waals surface area contributed by atoms with Gasteiger partial charge in [0.2, 0.25) is 0 Å². The van der Waals surface area contributed by atoms with E-state index in [9.17, 15) is 0 Å². The predicted octanol–water partition coefficient (Wildman–Crippen LogP) is -2.18. The van der Waals surface area contributed by atoms with Gasteiger partial charge >= 0.3 is 18.9 Å². The Hall–Kier alpha value is 0.907. The van der Waals surface area contributed by atoms with Crippen molar-refractivity contribution in [3.63, 3.8) is 0 Å². The van der Waals surface area contributed by atoms with Crippen LogP contribution in [0.5, 0.6) is 0 Å². The quantitative estimate of drug-likeness (QED) is 0.314. The molecule has 0 aromatic rings. The summed E-state index contributed by atoms with van der Waals surface area (Å²) in [4.78, 5) is 0. The summed E-state index contributed by atoms with van der Waals surface area (Å²) in [6.45, 7) is 2.88. The molecule has 1 nitrogen and oxygen atoms in total. The third-order valence-corrected chi connectivity index (χ3v) is 1.30. The van der Waals surface area contributed by atoms with E-state index in [0.717, 1.165) is 12.4 Å². The Balaban J connectivity index is 0. The largest absolute Gasteiger partial charge is 1.00 e. The van der Waals surface area contributed by atoms with Crippen molar-refractivity contribution >= 4 is 12.6 Å². The van der Waals surface area contributed by atoms with Gasteiger partial charge in [0.15, 0.2) is 0 Å². The summed E-state index contributed by atoms with van der Waals surface area (Å²) in [7, 11) is 1.70. The molecule has 0 aliphatic carbocycles. The van der Waals surface area contributed by atoms with E-state index in [2.05, 4.69) is 6.92 Å². The van der Waals surface area contributed by atoms with Crippen molar-refractivity contribution in [3.05, 3.63) is 0 Å². The van der Waals surface area contributed by atoms with E-state index in [4.69, 9.17) is 17.4 Å². The summed E-state index contributed by atoms with van der Waals surface area (Å²) in [5, 5.41) is 0. The van der Waals surface area contributed by atoms with Crippen molar-refractivity contribution in [1.29, 1.82) is 0 Å². The van der Waals surface area contributed by atoms with Gasteiger partial charge in [-0.25, -0.2) is 0 Å². The van der Waals surface area contributed by atoms with Crippen LogP contribution in [0.2, 0.25) is 0 Å². The van der Waals surface area contributed by atoms with Crippen LogP contribution in [0.1, 0.15) is 6.92 Å². The summed E-state index contributed by atoms with van der Waals surface area (Å²) in [5.74, 6) is 1.34. The summed E-state index contributed by atoms with van der Waals surface area (Å²) in [6, 6.07) is 0. The summed E-state index contributed by atoms with van der Waals surface area (Å²) in [6.07, 6.45) is 0. The molecule has 3 heteroatoms. The first kappa shape index (κ1) is 11.7. The standard InChI is InChI=1S/C5H12OS.Li/c1-5(4-7)3-6-2;/h5,7H,3-4H2,1-2H3;/q;+1/p-1. The molecule has 0 rings (SSSR count). The van der Waals surface area contributed by atoms with Gasteiger partial charge in [-0.1, -0.05) is 6.92 Å². The smallest absolute Gasteiger partial charge is 0.792 e. The fourth-order valence-corrected chi connectivity index (χ4v) is 0.429. The van der Waals surface area contributed by atoms with Crippen molar-refractivity contribution in [2.24, 2.45) is 5.92 Å². The molecule has 1 unspecified atom stereocenters. The van der Waals surface area contributed by atoms with Gasteiger partial charge in [0, 0.05) is 13.7 Å². The summed E-state index contributed by atoms with van der Waals surface area (Å²) >= 11 is 4.76. The third-order valence-electron chi connectivity index (χ3n) is 0.736. The van der Waals surface area contributed by atoms with Crippen LogP contribution in [0.15, 0.2) is 0 Å². The van der Waals surface area contributed by atoms with Gasteiger partial charge in [-0.3, -0.25) is 0 Å². The molecular formula is C5H11LiOS. The Morgan fingerprint density at radius 3 is 2.25 bits per heavy atom. The Morgan fingerprint density at radius 1 is 1.62 bits per heavy atom. The van der Waals surface area contributed by atoms with Gasteiger partial charge in [-0.05, 0) is 5.92 Å². The molecule has 0 radical (unpaired) electrons. The van der Waals surface area contributed by atoms with Crippen LogP contribution in [0, 0.1) is 5.92 Å². The zero-order valence-electron chi connectivity index (χ0n) is 5.81. The van der Waals surface area contributed by atoms with Crippen molar-refractivity contribution in [1.82, 2.24) is 0 Å². The summed E-state index contributed by atoms with van der Waals surface area (Å²) in [5.41, 5.74) is 0. The van der Waals surface area contributed by atoms with Gasteiger partial charge in [0.05, 0.1) is 0 Å². The Kier molecular flexibility index (Phi) is 11.5. The normalized spacial score (nSPS) is 12.4. The van der Waals surface area contributed by atoms with Crippen molar-refractivity contribution < 1.29 is 23.6 Å². The van der Waals surface area contributed by atoms with Crippen LogP contribution in [0.25, 0.3) is 0 Å². The average Bonchev–Trinajstić information content (AvgIpc) is 1.68. The molecule has 44 valence electrons. The maximum absolute atomic E-state index is 4.83. The van der Waals surface area contributed by atoms with Gasteiger partial charge < -0.3 is 17.4 Å². The van der Waals surface area contributed by atoms with Gasteiger partial charge in [0.1, 0.15) is 0 Å². The zero-order chi connectivity index (χ0) is 5.70. The third kappa shape index (κ3) is 6.91. The summed E-state index contributed by atoms with van der Waals surface area (Å²) < 4.78 is 4.83. The van der Waals surface area contributed by atoms with E-state index in [1.165, 1.54) is 0 Å². The molecule has 0 bridgehead atoms. The van der Waals surface area contributed by atoms with Crippen LogP contribution >= 0.6 is 0 Å². The van der Waals surface area contributed by atoms with Gasteiger partial charge in [-0.2, -0.15) is 5.75 Å². The van der Waals surface area contributed by atoms with Crippen LogP contribution < -0.4 is 18.9 Å². The van der Waals surface area contributed by atoms with Gasteiger partial charge in [0.25, 0.3) is 0 Å². The molecule has 0 aliphatic rings. The first-order chi connectivity index (χ1) is 3.31. The van der Waals surface area contributed by atoms with E-state index in [0.29, 0.717) is 5.92 Å².